The first-order valence-corrected chi connectivity index (χ1v) is 9.18. The summed E-state index contributed by atoms with van der Waals surface area (Å²) in [6, 6.07) is 3.59. The number of rotatable bonds is 4. The summed E-state index contributed by atoms with van der Waals surface area (Å²) in [6.45, 7) is 2.63. The number of hydrogen-bond acceptors (Lipinski definition) is 4. The zero-order valence-electron chi connectivity index (χ0n) is 15.7. The monoisotopic (exact) mass is 411 g/mol. The molecule has 0 bridgehead atoms. The number of anilines is 1. The van der Waals surface area contributed by atoms with Gasteiger partial charge in [0, 0.05) is 25.0 Å². The van der Waals surface area contributed by atoms with Gasteiger partial charge in [0.2, 0.25) is 0 Å². The van der Waals surface area contributed by atoms with Crippen molar-refractivity contribution in [2.75, 3.05) is 18.9 Å². The number of nitrogens with one attached hydrogen (secondary N) is 1. The van der Waals surface area contributed by atoms with Gasteiger partial charge in [-0.1, -0.05) is 12.1 Å². The van der Waals surface area contributed by atoms with Crippen molar-refractivity contribution >= 4 is 11.7 Å². The third kappa shape index (κ3) is 4.67. The Labute approximate surface area is 165 Å². The van der Waals surface area contributed by atoms with Crippen LogP contribution in [0.2, 0.25) is 0 Å². The van der Waals surface area contributed by atoms with E-state index in [1.54, 1.807) is 12.3 Å². The summed E-state index contributed by atoms with van der Waals surface area (Å²) in [6.07, 6.45) is -1.63. The van der Waals surface area contributed by atoms with Crippen molar-refractivity contribution in [3.63, 3.8) is 0 Å². The molecule has 156 valence electrons. The number of ether oxygens (including phenoxy) is 1. The van der Waals surface area contributed by atoms with Gasteiger partial charge in [0.25, 0.3) is 5.91 Å². The van der Waals surface area contributed by atoms with Gasteiger partial charge in [0.05, 0.1) is 17.2 Å². The molecule has 0 saturated carbocycles. The van der Waals surface area contributed by atoms with Crippen LogP contribution in [0, 0.1) is 5.82 Å². The van der Waals surface area contributed by atoms with Crippen molar-refractivity contribution in [2.45, 2.75) is 37.9 Å². The number of aromatic nitrogens is 1. The highest BCUT2D eigenvalue weighted by Gasteiger charge is 2.35. The number of alkyl halides is 3. The summed E-state index contributed by atoms with van der Waals surface area (Å²) >= 11 is 0. The number of nitrogens with two attached hydrogens (primary N) is 1. The molecule has 0 radical (unpaired) electrons. The van der Waals surface area contributed by atoms with Crippen LogP contribution < -0.4 is 11.1 Å². The number of hydrogen-bond donors (Lipinski definition) is 2. The van der Waals surface area contributed by atoms with E-state index in [4.69, 9.17) is 10.5 Å². The summed E-state index contributed by atoms with van der Waals surface area (Å²) in [4.78, 5) is 16.7. The molecule has 1 atom stereocenters. The summed E-state index contributed by atoms with van der Waals surface area (Å²) in [7, 11) is 0. The molecule has 0 unspecified atom stereocenters. The van der Waals surface area contributed by atoms with Crippen LogP contribution in [0.5, 0.6) is 0 Å². The van der Waals surface area contributed by atoms with Crippen LogP contribution in [-0.2, 0) is 10.9 Å². The Kier molecular flexibility index (Phi) is 6.07. The quantitative estimate of drug-likeness (QED) is 0.739. The summed E-state index contributed by atoms with van der Waals surface area (Å²) in [5.41, 5.74) is 5.13. The van der Waals surface area contributed by atoms with Crippen molar-refractivity contribution in [1.82, 2.24) is 10.3 Å². The second-order valence-corrected chi connectivity index (χ2v) is 6.99. The molecular weight excluding hydrogens is 390 g/mol. The molecule has 3 rings (SSSR count). The smallest absolute Gasteiger partial charge is 0.383 e. The normalized spacial score (nSPS) is 16.4. The van der Waals surface area contributed by atoms with Gasteiger partial charge in [-0.25, -0.2) is 9.37 Å². The van der Waals surface area contributed by atoms with Gasteiger partial charge in [-0.3, -0.25) is 4.79 Å². The fourth-order valence-electron chi connectivity index (χ4n) is 3.38. The van der Waals surface area contributed by atoms with Crippen LogP contribution in [0.4, 0.5) is 23.4 Å². The van der Waals surface area contributed by atoms with E-state index in [0.29, 0.717) is 19.3 Å². The molecule has 5 nitrogen and oxygen atoms in total. The summed E-state index contributed by atoms with van der Waals surface area (Å²) in [5, 5.41) is 2.51. The van der Waals surface area contributed by atoms with Gasteiger partial charge in [-0.2, -0.15) is 13.2 Å². The molecule has 2 aromatic rings. The van der Waals surface area contributed by atoms with Crippen LogP contribution >= 0.6 is 0 Å². The van der Waals surface area contributed by atoms with E-state index in [-0.39, 0.29) is 22.9 Å². The van der Waals surface area contributed by atoms with Gasteiger partial charge in [0.15, 0.2) is 0 Å². The molecule has 1 aromatic heterocycles. The van der Waals surface area contributed by atoms with E-state index in [1.807, 2.05) is 0 Å². The van der Waals surface area contributed by atoms with E-state index in [9.17, 15) is 22.4 Å². The van der Waals surface area contributed by atoms with Crippen molar-refractivity contribution in [1.29, 1.82) is 0 Å². The topological polar surface area (TPSA) is 77.2 Å². The average molecular weight is 411 g/mol. The summed E-state index contributed by atoms with van der Waals surface area (Å²) in [5.74, 6) is -1.86. The van der Waals surface area contributed by atoms with E-state index in [2.05, 4.69) is 10.3 Å². The summed E-state index contributed by atoms with van der Waals surface area (Å²) < 4.78 is 58.5. The maximum absolute atomic E-state index is 14.3. The molecule has 9 heteroatoms. The van der Waals surface area contributed by atoms with E-state index in [1.165, 1.54) is 13.0 Å². The van der Waals surface area contributed by atoms with E-state index in [0.717, 1.165) is 24.5 Å². The van der Waals surface area contributed by atoms with Crippen LogP contribution in [0.3, 0.4) is 0 Å². The molecule has 1 aliphatic rings. The van der Waals surface area contributed by atoms with E-state index < -0.39 is 29.5 Å². The predicted octanol–water partition coefficient (Wildman–Crippen LogP) is 4.21. The zero-order chi connectivity index (χ0) is 21.2. The highest BCUT2D eigenvalue weighted by atomic mass is 19.4. The number of pyridine rings is 1. The average Bonchev–Trinajstić information content (AvgIpc) is 2.68. The largest absolute Gasteiger partial charge is 0.419 e. The highest BCUT2D eigenvalue weighted by Crippen LogP contribution is 2.34. The molecule has 0 aliphatic carbocycles. The lowest BCUT2D eigenvalue weighted by Gasteiger charge is -2.23. The number of benzene rings is 1. The second kappa shape index (κ2) is 8.36. The number of carbonyl (C=O) groups is 1. The zero-order valence-corrected chi connectivity index (χ0v) is 15.7. The first kappa shape index (κ1) is 21.0. The van der Waals surface area contributed by atoms with Gasteiger partial charge in [-0.05, 0) is 43.4 Å². The first-order chi connectivity index (χ1) is 13.7. The van der Waals surface area contributed by atoms with Crippen molar-refractivity contribution in [3.05, 3.63) is 58.5 Å². The maximum atomic E-state index is 14.3. The molecule has 29 heavy (non-hydrogen) atoms. The number of carbonyl (C=O) groups excluding carboxylic acids is 1. The fourth-order valence-corrected chi connectivity index (χ4v) is 3.38. The minimum atomic E-state index is -4.82. The molecular formula is C20H21F4N3O2. The van der Waals surface area contributed by atoms with Crippen molar-refractivity contribution in [2.24, 2.45) is 0 Å². The predicted molar refractivity (Wildman–Crippen MR) is 98.7 cm³/mol. The lowest BCUT2D eigenvalue weighted by Crippen LogP contribution is -2.29. The first-order valence-electron chi connectivity index (χ1n) is 9.18. The molecule has 1 aromatic carbocycles. The Morgan fingerprint density at radius 3 is 2.66 bits per heavy atom. The van der Waals surface area contributed by atoms with Gasteiger partial charge in [0.1, 0.15) is 11.6 Å². The molecule has 1 aliphatic heterocycles. The standard InChI is InChI=1S/C20H21F4N3O2/c1-11(14-3-2-4-16(17(14)21)20(22,23)24)27-19(28)15-9-13(10-26-18(15)25)12-5-7-29-8-6-12/h2-4,9-12H,5-8H2,1H3,(H2,25,26)(H,27,28)/t11-/m1/s1. The Bertz CT molecular complexity index is 896. The Morgan fingerprint density at radius 2 is 2.00 bits per heavy atom. The second-order valence-electron chi connectivity index (χ2n) is 6.99. The third-order valence-electron chi connectivity index (χ3n) is 5.03. The lowest BCUT2D eigenvalue weighted by molar-refractivity contribution is -0.140. The number of nitrogens with zero attached hydrogens (tertiary/aromatic N) is 1. The molecule has 2 heterocycles. The van der Waals surface area contributed by atoms with Crippen LogP contribution in [0.15, 0.2) is 30.5 Å². The van der Waals surface area contributed by atoms with Crippen molar-refractivity contribution < 1.29 is 27.1 Å². The Hall–Kier alpha value is -2.68. The lowest BCUT2D eigenvalue weighted by atomic mass is 9.92. The molecule has 3 N–H and O–H groups in total. The Morgan fingerprint density at radius 1 is 1.31 bits per heavy atom. The van der Waals surface area contributed by atoms with Crippen LogP contribution in [-0.4, -0.2) is 24.1 Å². The molecule has 1 fully saturated rings. The fraction of sp³-hybridized carbons (Fsp3) is 0.400. The third-order valence-corrected chi connectivity index (χ3v) is 5.03. The van der Waals surface area contributed by atoms with Crippen molar-refractivity contribution in [3.8, 4) is 0 Å². The SMILES string of the molecule is C[C@@H](NC(=O)c1cc(C2CCOCC2)cnc1N)c1cccc(C(F)(F)F)c1F. The molecule has 1 saturated heterocycles. The van der Waals surface area contributed by atoms with Crippen LogP contribution in [0.1, 0.15) is 58.8 Å². The maximum Gasteiger partial charge on any atom is 0.419 e. The Balaban J connectivity index is 1.81. The highest BCUT2D eigenvalue weighted by molar-refractivity contribution is 5.98. The van der Waals surface area contributed by atoms with Gasteiger partial charge < -0.3 is 15.8 Å². The number of amides is 1. The number of nitrogen functional groups attached to an aromatic ring is 1. The minimum Gasteiger partial charge on any atom is -0.383 e. The van der Waals surface area contributed by atoms with Gasteiger partial charge >= 0.3 is 6.18 Å². The minimum absolute atomic E-state index is 0.00461. The number of halogens is 4. The van der Waals surface area contributed by atoms with Gasteiger partial charge in [-0.15, -0.1) is 0 Å². The molecule has 0 spiro atoms. The van der Waals surface area contributed by atoms with Crippen LogP contribution in [0.25, 0.3) is 0 Å². The molecule has 1 amide bonds. The van der Waals surface area contributed by atoms with E-state index >= 15 is 0 Å².